The van der Waals surface area contributed by atoms with Gasteiger partial charge in [-0.1, -0.05) is 19.9 Å². The molecule has 1 N–H and O–H groups in total. The van der Waals surface area contributed by atoms with Crippen molar-refractivity contribution < 1.29 is 8.76 Å². The maximum Gasteiger partial charge on any atom is 0.182 e. The van der Waals surface area contributed by atoms with E-state index in [1.165, 1.54) is 0 Å². The summed E-state index contributed by atoms with van der Waals surface area (Å²) in [5, 5.41) is 0. The first-order chi connectivity index (χ1) is 5.04. The van der Waals surface area contributed by atoms with Gasteiger partial charge in [-0.05, 0) is 19.3 Å². The summed E-state index contributed by atoms with van der Waals surface area (Å²) in [5.74, 6) is 0. The number of rotatable bonds is 1. The van der Waals surface area contributed by atoms with Crippen LogP contribution in [0.15, 0.2) is 11.0 Å². The molecular weight excluding hydrogens is 160 g/mol. The summed E-state index contributed by atoms with van der Waals surface area (Å²) >= 11 is -1.76. The van der Waals surface area contributed by atoms with Crippen LogP contribution in [0.5, 0.6) is 0 Å². The van der Waals surface area contributed by atoms with Crippen molar-refractivity contribution >= 4 is 11.1 Å². The van der Waals surface area contributed by atoms with Gasteiger partial charge in [-0.2, -0.15) is 0 Å². The van der Waals surface area contributed by atoms with E-state index in [4.69, 9.17) is 4.55 Å². The Morgan fingerprint density at radius 1 is 1.64 bits per heavy atom. The predicted molar refractivity (Wildman–Crippen MR) is 46.5 cm³/mol. The molecule has 11 heavy (non-hydrogen) atoms. The molecule has 0 aromatic heterocycles. The molecular formula is C8H14O2S. The summed E-state index contributed by atoms with van der Waals surface area (Å²) in [6, 6.07) is 0. The van der Waals surface area contributed by atoms with Gasteiger partial charge in [0.2, 0.25) is 0 Å². The monoisotopic (exact) mass is 174 g/mol. The molecule has 0 amide bonds. The van der Waals surface area contributed by atoms with Crippen LogP contribution in [0.1, 0.15) is 33.1 Å². The van der Waals surface area contributed by atoms with Crippen molar-refractivity contribution in [1.82, 2.24) is 0 Å². The lowest BCUT2D eigenvalue weighted by molar-refractivity contribution is 0.388. The fourth-order valence-electron chi connectivity index (χ4n) is 1.48. The molecule has 3 heteroatoms. The maximum atomic E-state index is 10.8. The molecule has 0 saturated carbocycles. The Hall–Kier alpha value is -0.150. The van der Waals surface area contributed by atoms with Crippen LogP contribution in [0.2, 0.25) is 0 Å². The third-order valence-corrected chi connectivity index (χ3v) is 3.29. The van der Waals surface area contributed by atoms with E-state index in [9.17, 15) is 4.21 Å². The predicted octanol–water partition coefficient (Wildman–Crippen LogP) is 2.30. The maximum absolute atomic E-state index is 10.8. The zero-order chi connectivity index (χ0) is 8.48. The van der Waals surface area contributed by atoms with Gasteiger partial charge in [-0.15, -0.1) is 0 Å². The van der Waals surface area contributed by atoms with Gasteiger partial charge in [0.1, 0.15) is 0 Å². The van der Waals surface area contributed by atoms with E-state index >= 15 is 0 Å². The van der Waals surface area contributed by atoms with E-state index in [-0.39, 0.29) is 5.41 Å². The number of allylic oxidation sites excluding steroid dienone is 2. The first-order valence-electron chi connectivity index (χ1n) is 3.85. The minimum atomic E-state index is -1.76. The highest BCUT2D eigenvalue weighted by atomic mass is 32.2. The highest BCUT2D eigenvalue weighted by molar-refractivity contribution is 7.83. The van der Waals surface area contributed by atoms with Gasteiger partial charge in [-0.25, -0.2) is 4.21 Å². The summed E-state index contributed by atoms with van der Waals surface area (Å²) in [7, 11) is 0. The van der Waals surface area contributed by atoms with Gasteiger partial charge in [-0.3, -0.25) is 0 Å². The summed E-state index contributed by atoms with van der Waals surface area (Å²) < 4.78 is 19.7. The normalized spacial score (nSPS) is 25.9. The Kier molecular flexibility index (Phi) is 2.50. The third kappa shape index (κ3) is 1.91. The lowest BCUT2D eigenvalue weighted by Crippen LogP contribution is -2.20. The standard InChI is InChI=1S/C8H14O2S/c1-8(2)6-4-3-5-7(8)11(9)10/h5H,3-4,6H2,1-2H3,(H,9,10). The van der Waals surface area contributed by atoms with Gasteiger partial charge in [0.15, 0.2) is 11.1 Å². The van der Waals surface area contributed by atoms with Crippen molar-refractivity contribution in [1.29, 1.82) is 0 Å². The Bertz CT molecular complexity index is 206. The van der Waals surface area contributed by atoms with Crippen LogP contribution in [0.4, 0.5) is 0 Å². The molecule has 0 saturated heterocycles. The van der Waals surface area contributed by atoms with E-state index < -0.39 is 11.1 Å². The lowest BCUT2D eigenvalue weighted by Gasteiger charge is -2.28. The highest BCUT2D eigenvalue weighted by Gasteiger charge is 2.28. The van der Waals surface area contributed by atoms with Crippen molar-refractivity contribution in [2.45, 2.75) is 33.1 Å². The first-order valence-corrected chi connectivity index (χ1v) is 4.96. The molecule has 1 aliphatic rings. The Morgan fingerprint density at radius 3 is 2.64 bits per heavy atom. The molecule has 1 aliphatic carbocycles. The molecule has 1 atom stereocenters. The average molecular weight is 174 g/mol. The van der Waals surface area contributed by atoms with E-state index in [1.807, 2.05) is 19.9 Å². The fourth-order valence-corrected chi connectivity index (χ4v) is 2.32. The fraction of sp³-hybridized carbons (Fsp3) is 0.750. The molecule has 0 aromatic carbocycles. The first kappa shape index (κ1) is 8.94. The second kappa shape index (κ2) is 3.07. The summed E-state index contributed by atoms with van der Waals surface area (Å²) in [6.07, 6.45) is 5.00. The van der Waals surface area contributed by atoms with Crippen LogP contribution in [0.25, 0.3) is 0 Å². The van der Waals surface area contributed by atoms with E-state index in [0.717, 1.165) is 19.3 Å². The largest absolute Gasteiger partial charge is 0.302 e. The molecule has 0 bridgehead atoms. The zero-order valence-corrected chi connectivity index (χ0v) is 7.78. The topological polar surface area (TPSA) is 37.3 Å². The molecule has 0 fully saturated rings. The molecule has 1 rings (SSSR count). The van der Waals surface area contributed by atoms with Crippen LogP contribution in [0.3, 0.4) is 0 Å². The molecule has 0 aromatic rings. The molecule has 0 heterocycles. The minimum Gasteiger partial charge on any atom is -0.302 e. The average Bonchev–Trinajstić information content (AvgIpc) is 1.85. The van der Waals surface area contributed by atoms with Crippen LogP contribution in [0, 0.1) is 5.41 Å². The second-order valence-electron chi connectivity index (χ2n) is 3.59. The Morgan fingerprint density at radius 2 is 2.27 bits per heavy atom. The van der Waals surface area contributed by atoms with E-state index in [0.29, 0.717) is 4.91 Å². The van der Waals surface area contributed by atoms with Crippen molar-refractivity contribution in [3.8, 4) is 0 Å². The SMILES string of the molecule is CC1(C)CCCC=C1S(=O)O. The summed E-state index contributed by atoms with van der Waals surface area (Å²) in [6.45, 7) is 4.04. The van der Waals surface area contributed by atoms with Gasteiger partial charge in [0.05, 0.1) is 0 Å². The number of hydrogen-bond donors (Lipinski definition) is 1. The minimum absolute atomic E-state index is 0.0716. The smallest absolute Gasteiger partial charge is 0.182 e. The summed E-state index contributed by atoms with van der Waals surface area (Å²) in [4.78, 5) is 0.698. The molecule has 2 nitrogen and oxygen atoms in total. The van der Waals surface area contributed by atoms with Crippen LogP contribution in [-0.4, -0.2) is 8.76 Å². The Labute approximate surface area is 70.0 Å². The third-order valence-electron chi connectivity index (χ3n) is 2.19. The van der Waals surface area contributed by atoms with Crippen molar-refractivity contribution in [2.24, 2.45) is 5.41 Å². The van der Waals surface area contributed by atoms with Gasteiger partial charge < -0.3 is 4.55 Å². The van der Waals surface area contributed by atoms with Crippen LogP contribution >= 0.6 is 0 Å². The molecule has 0 aliphatic heterocycles. The van der Waals surface area contributed by atoms with Crippen molar-refractivity contribution in [3.05, 3.63) is 11.0 Å². The van der Waals surface area contributed by atoms with Gasteiger partial charge >= 0.3 is 0 Å². The van der Waals surface area contributed by atoms with Crippen molar-refractivity contribution in [3.63, 3.8) is 0 Å². The van der Waals surface area contributed by atoms with Crippen LogP contribution in [-0.2, 0) is 11.1 Å². The highest BCUT2D eigenvalue weighted by Crippen LogP contribution is 2.37. The molecule has 0 radical (unpaired) electrons. The quantitative estimate of drug-likeness (QED) is 0.619. The Balaban J connectivity index is 2.89. The van der Waals surface area contributed by atoms with Gasteiger partial charge in [0.25, 0.3) is 0 Å². The van der Waals surface area contributed by atoms with Crippen LogP contribution < -0.4 is 0 Å². The van der Waals surface area contributed by atoms with Crippen molar-refractivity contribution in [2.75, 3.05) is 0 Å². The molecule has 0 spiro atoms. The lowest BCUT2D eigenvalue weighted by atomic mass is 9.83. The number of hydrogen-bond acceptors (Lipinski definition) is 1. The van der Waals surface area contributed by atoms with E-state index in [1.54, 1.807) is 0 Å². The summed E-state index contributed by atoms with van der Waals surface area (Å²) in [5.41, 5.74) is -0.0716. The second-order valence-corrected chi connectivity index (χ2v) is 4.53. The van der Waals surface area contributed by atoms with E-state index in [2.05, 4.69) is 0 Å². The zero-order valence-electron chi connectivity index (χ0n) is 6.96. The molecule has 64 valence electrons. The van der Waals surface area contributed by atoms with Gasteiger partial charge in [0, 0.05) is 10.3 Å². The molecule has 1 unspecified atom stereocenters.